The third-order valence-corrected chi connectivity index (χ3v) is 8.49. The Hall–Kier alpha value is -1.02. The largest absolute Gasteiger partial charge is 0.790 e. The molecule has 0 aromatic rings. The molecule has 0 unspecified atom stereocenters. The number of amides is 1. The molecule has 258 valence electrons. The van der Waals surface area contributed by atoms with Gasteiger partial charge in [-0.1, -0.05) is 0 Å². The van der Waals surface area contributed by atoms with Gasteiger partial charge in [-0.3, -0.25) is 4.79 Å². The van der Waals surface area contributed by atoms with Gasteiger partial charge in [0.1, 0.15) is 79.7 Å². The fourth-order valence-electron chi connectivity index (χ4n) is 5.53. The smallest absolute Gasteiger partial charge is 0.249 e. The molecule has 1 amide bonds. The summed E-state index contributed by atoms with van der Waals surface area (Å²) in [4.78, 5) is 35.8. The maximum atomic E-state index is 12.7. The molecule has 0 bridgehead atoms. The van der Waals surface area contributed by atoms with Crippen molar-refractivity contribution < 1.29 is 101 Å². The van der Waals surface area contributed by atoms with Crippen molar-refractivity contribution in [1.82, 2.24) is 5.32 Å². The highest BCUT2D eigenvalue weighted by Gasteiger charge is 2.55. The second kappa shape index (κ2) is 15.7. The van der Waals surface area contributed by atoms with Crippen LogP contribution in [0, 0.1) is 0 Å². The van der Waals surface area contributed by atoms with Crippen LogP contribution in [0.1, 0.15) is 12.8 Å². The first-order valence-corrected chi connectivity index (χ1v) is 15.6. The van der Waals surface area contributed by atoms with E-state index >= 15 is 0 Å². The second-order valence-corrected chi connectivity index (χ2v) is 12.3. The van der Waals surface area contributed by atoms with Crippen molar-refractivity contribution in [2.24, 2.45) is 0 Å². The molecule has 0 radical (unpaired) electrons. The Bertz CT molecular complexity index is 983. The molecule has 16 atom stereocenters. The fourth-order valence-corrected chi connectivity index (χ4v) is 6.08. The second-order valence-electron chi connectivity index (χ2n) is 11.2. The first kappa shape index (κ1) is 37.4. The molecule has 3 rings (SSSR count). The molecule has 2 saturated heterocycles. The predicted octanol–water partition coefficient (Wildman–Crippen LogP) is -12.4. The van der Waals surface area contributed by atoms with E-state index in [1.54, 1.807) is 0 Å². The molecule has 3 fully saturated rings. The molecule has 0 aromatic heterocycles. The Morgan fingerprint density at radius 2 is 1.52 bits per heavy atom. The average molecular weight is 668 g/mol. The lowest BCUT2D eigenvalue weighted by Crippen LogP contribution is -2.80. The van der Waals surface area contributed by atoms with Gasteiger partial charge in [-0.25, -0.2) is 0 Å². The van der Waals surface area contributed by atoms with Crippen LogP contribution >= 0.6 is 7.82 Å². The number of aliphatic hydroxyl groups excluding tert-OH is 7. The van der Waals surface area contributed by atoms with E-state index in [1.807, 2.05) is 0 Å². The number of carbonyl (C=O) groups excluding carboxylic acids is 1. The number of ether oxygens (including phenoxy) is 4. The molecule has 1 aliphatic carbocycles. The van der Waals surface area contributed by atoms with Gasteiger partial charge in [-0.05, 0) is 0 Å². The highest BCUT2D eigenvalue weighted by molar-refractivity contribution is 7.43. The van der Waals surface area contributed by atoms with Crippen molar-refractivity contribution in [3.63, 3.8) is 0 Å². The number of hydrogen-bond donors (Lipinski definition) is 12. The molecule has 2 heterocycles. The van der Waals surface area contributed by atoms with Crippen molar-refractivity contribution in [1.29, 1.82) is 0 Å². The number of phosphoric ester groups is 1. The fraction of sp³-hybridized carbons (Fsp3) is 0.955. The van der Waals surface area contributed by atoms with Crippen molar-refractivity contribution in [2.45, 2.75) is 111 Å². The number of aliphatic hydroxyl groups is 7. The van der Waals surface area contributed by atoms with E-state index in [2.05, 4.69) is 32.8 Å². The molecule has 0 aromatic carbocycles. The zero-order chi connectivity index (χ0) is 33.1. The highest BCUT2D eigenvalue weighted by Crippen LogP contribution is 2.36. The Balaban J connectivity index is 1.93. The molecule has 0 spiro atoms. The maximum Gasteiger partial charge on any atom is 0.249 e. The van der Waals surface area contributed by atoms with Gasteiger partial charge in [-0.15, -0.1) is 0 Å². The first-order chi connectivity index (χ1) is 20.5. The van der Waals surface area contributed by atoms with Crippen LogP contribution in [0.3, 0.4) is 0 Å². The molecule has 20 N–H and O–H groups in total. The summed E-state index contributed by atoms with van der Waals surface area (Å²) in [5.41, 5.74) is 14.8. The summed E-state index contributed by atoms with van der Waals surface area (Å²) in [5.74, 6) is -0.868. The van der Waals surface area contributed by atoms with E-state index < -0.39 is 118 Å². The number of quaternary nitrogens is 4. The number of phosphoric acid groups is 1. The minimum absolute atomic E-state index is 0.00606. The zero-order valence-electron chi connectivity index (χ0n) is 23.9. The topological polar surface area (TPSA) is 391 Å². The number of carbonyl (C=O) groups is 1. The van der Waals surface area contributed by atoms with Crippen LogP contribution in [0.2, 0.25) is 0 Å². The van der Waals surface area contributed by atoms with Crippen molar-refractivity contribution in [3.05, 3.63) is 0 Å². The third kappa shape index (κ3) is 8.66. The van der Waals surface area contributed by atoms with Crippen LogP contribution < -0.4 is 38.0 Å². The van der Waals surface area contributed by atoms with E-state index in [9.17, 15) is 54.9 Å². The van der Waals surface area contributed by atoms with Crippen molar-refractivity contribution in [3.8, 4) is 0 Å². The van der Waals surface area contributed by atoms with E-state index in [1.165, 1.54) is 0 Å². The Morgan fingerprint density at radius 3 is 2.09 bits per heavy atom. The minimum atomic E-state index is -5.74. The van der Waals surface area contributed by atoms with Gasteiger partial charge < -0.3 is 102 Å². The van der Waals surface area contributed by atoms with E-state index in [0.717, 1.165) is 0 Å². The summed E-state index contributed by atoms with van der Waals surface area (Å²) in [6, 6.07) is -3.45. The van der Waals surface area contributed by atoms with Crippen LogP contribution in [0.15, 0.2) is 0 Å². The van der Waals surface area contributed by atoms with Crippen LogP contribution in [0.4, 0.5) is 0 Å². The molecule has 44 heavy (non-hydrogen) atoms. The van der Waals surface area contributed by atoms with Gasteiger partial charge in [0, 0.05) is 12.8 Å². The number of hydrogen-bond acceptors (Lipinski definition) is 16. The maximum absolute atomic E-state index is 12.7. The molecular formula is C22H46N5O16P+2. The molecule has 22 heteroatoms. The molecule has 3 aliphatic rings. The van der Waals surface area contributed by atoms with Gasteiger partial charge in [-0.2, -0.15) is 0 Å². The monoisotopic (exact) mass is 667 g/mol. The lowest BCUT2D eigenvalue weighted by Gasteiger charge is -2.48. The summed E-state index contributed by atoms with van der Waals surface area (Å²) in [5, 5.41) is 75.2. The van der Waals surface area contributed by atoms with Crippen LogP contribution in [-0.2, 0) is 32.8 Å². The van der Waals surface area contributed by atoms with Crippen LogP contribution in [-0.4, -0.2) is 159 Å². The molecule has 21 nitrogen and oxygen atoms in total. The van der Waals surface area contributed by atoms with Crippen LogP contribution in [0.5, 0.6) is 0 Å². The van der Waals surface area contributed by atoms with Gasteiger partial charge >= 0.3 is 0 Å². The normalized spacial score (nSPS) is 44.2. The Morgan fingerprint density at radius 1 is 0.909 bits per heavy atom. The first-order valence-electron chi connectivity index (χ1n) is 14.1. The lowest BCUT2D eigenvalue weighted by molar-refractivity contribution is -0.496. The quantitative estimate of drug-likeness (QED) is 0.0859. The average Bonchev–Trinajstić information content (AvgIpc) is 2.95. The number of rotatable bonds is 12. The molecule has 1 saturated carbocycles. The summed E-state index contributed by atoms with van der Waals surface area (Å²) < 4.78 is 38.9. The Labute approximate surface area is 251 Å². The van der Waals surface area contributed by atoms with Crippen molar-refractivity contribution in [2.75, 3.05) is 19.7 Å². The minimum Gasteiger partial charge on any atom is -0.790 e. The predicted molar refractivity (Wildman–Crippen MR) is 133 cm³/mol. The Kier molecular flexibility index (Phi) is 13.4. The standard InChI is InChI=1S/C22H44N5O16P/c23-2-1-8(29)20(35)27-7-3-6(25)17(41-21-15(33)14(32)13(31)9(4-24)39-21)16(34)18(7)42-22-19(43-44(36,37)38)11(26)12(30)10(5-28)40-22/h6-19,21-22,28-34H,1-5,23-26H2,(H,27,35)(H2,36,37,38)/p+2/t6-,7+,8-,9+,10+,11-,12+,13+,14-,15+,16-,17+,18-,19+,21+,22+/m0/s1. The number of nitrogens with one attached hydrogen (secondary N) is 1. The van der Waals surface area contributed by atoms with E-state index in [4.69, 9.17) is 18.9 Å². The highest BCUT2D eigenvalue weighted by atomic mass is 31.2. The van der Waals surface area contributed by atoms with E-state index in [0.29, 0.717) is 0 Å². The van der Waals surface area contributed by atoms with Gasteiger partial charge in [0.05, 0.1) is 27.0 Å². The molecule has 2 aliphatic heterocycles. The van der Waals surface area contributed by atoms with Crippen molar-refractivity contribution >= 4 is 13.7 Å². The summed E-state index contributed by atoms with van der Waals surface area (Å²) in [6.07, 6.45) is -20.7. The van der Waals surface area contributed by atoms with Gasteiger partial charge in [0.2, 0.25) is 5.91 Å². The summed E-state index contributed by atoms with van der Waals surface area (Å²) >= 11 is 0. The van der Waals surface area contributed by atoms with Crippen LogP contribution in [0.25, 0.3) is 0 Å². The van der Waals surface area contributed by atoms with Gasteiger partial charge in [0.25, 0.3) is 0 Å². The third-order valence-electron chi connectivity index (χ3n) is 7.98. The van der Waals surface area contributed by atoms with Gasteiger partial charge in [0.15, 0.2) is 18.7 Å². The van der Waals surface area contributed by atoms with E-state index in [-0.39, 0.29) is 25.9 Å². The lowest BCUT2D eigenvalue weighted by atomic mass is 9.83. The summed E-state index contributed by atoms with van der Waals surface area (Å²) in [7, 11) is -5.74. The SMILES string of the molecule is [NH3+]CC[C@H](O)C(=O)N[C@@H]1C[C@H]([NH3+])[C@@H](O[C@H]2O[C@H](C[NH3+])[C@@H](O)[C@H](O)[C@H]2O)[C@H](O)[C@H]1O[C@H]1O[C@H](CO)[C@@H](O)[C@H]([NH3+])[C@H]1OP(=O)([O-])[O-]. The summed E-state index contributed by atoms with van der Waals surface area (Å²) in [6.45, 7) is -0.597. The zero-order valence-corrected chi connectivity index (χ0v) is 24.7. The molecular weight excluding hydrogens is 621 g/mol.